The molecule has 164 valence electrons. The van der Waals surface area contributed by atoms with Gasteiger partial charge >= 0.3 is 0 Å². The van der Waals surface area contributed by atoms with Crippen LogP contribution >= 0.6 is 0 Å². The van der Waals surface area contributed by atoms with Gasteiger partial charge in [0.05, 0.1) is 4.90 Å². The van der Waals surface area contributed by atoms with Crippen LogP contribution in [-0.4, -0.2) is 38.3 Å². The summed E-state index contributed by atoms with van der Waals surface area (Å²) in [5.41, 5.74) is 2.97. The summed E-state index contributed by atoms with van der Waals surface area (Å²) in [7, 11) is -3.48. The molecule has 0 saturated heterocycles. The van der Waals surface area contributed by atoms with E-state index in [0.717, 1.165) is 22.4 Å². The molecule has 2 rings (SSSR count). The summed E-state index contributed by atoms with van der Waals surface area (Å²) < 4.78 is 32.2. The fourth-order valence-electron chi connectivity index (χ4n) is 3.13. The first-order valence-electron chi connectivity index (χ1n) is 10.3. The molecule has 30 heavy (non-hydrogen) atoms. The molecule has 2 aromatic carbocycles. The zero-order valence-electron chi connectivity index (χ0n) is 18.4. The third-order valence-electron chi connectivity index (χ3n) is 4.91. The van der Waals surface area contributed by atoms with E-state index in [0.29, 0.717) is 25.6 Å². The average Bonchev–Trinajstić information content (AvgIpc) is 2.71. The minimum atomic E-state index is -3.48. The molecule has 2 aromatic rings. The SMILES string of the molecule is CCN(CC)S(=O)(=O)c1ccc(CNC(=O)COc2cc(C)ccc2C(C)C)cc1. The molecule has 0 unspecified atom stereocenters. The molecule has 0 aromatic heterocycles. The Labute approximate surface area is 180 Å². The number of carbonyl (C=O) groups is 1. The van der Waals surface area contributed by atoms with Crippen LogP contribution in [0.5, 0.6) is 5.75 Å². The summed E-state index contributed by atoms with van der Waals surface area (Å²) in [6, 6.07) is 12.6. The van der Waals surface area contributed by atoms with Gasteiger partial charge in [0, 0.05) is 19.6 Å². The van der Waals surface area contributed by atoms with Gasteiger partial charge in [0.2, 0.25) is 10.0 Å². The Hall–Kier alpha value is -2.38. The summed E-state index contributed by atoms with van der Waals surface area (Å²) in [6.45, 7) is 10.9. The van der Waals surface area contributed by atoms with Crippen LogP contribution in [0.25, 0.3) is 0 Å². The highest BCUT2D eigenvalue weighted by molar-refractivity contribution is 7.89. The first kappa shape index (κ1) is 23.9. The normalized spacial score (nSPS) is 11.7. The summed E-state index contributed by atoms with van der Waals surface area (Å²) in [5.74, 6) is 0.798. The number of sulfonamides is 1. The first-order valence-corrected chi connectivity index (χ1v) is 11.7. The molecule has 0 saturated carbocycles. The monoisotopic (exact) mass is 432 g/mol. The van der Waals surface area contributed by atoms with Crippen molar-refractivity contribution in [2.75, 3.05) is 19.7 Å². The van der Waals surface area contributed by atoms with Crippen LogP contribution in [0.1, 0.15) is 50.3 Å². The molecule has 0 aliphatic carbocycles. The first-order chi connectivity index (χ1) is 14.2. The van der Waals surface area contributed by atoms with Gasteiger partial charge in [-0.2, -0.15) is 4.31 Å². The van der Waals surface area contributed by atoms with Crippen LogP contribution in [0.15, 0.2) is 47.4 Å². The highest BCUT2D eigenvalue weighted by Crippen LogP contribution is 2.27. The van der Waals surface area contributed by atoms with E-state index in [9.17, 15) is 13.2 Å². The van der Waals surface area contributed by atoms with Gasteiger partial charge in [-0.3, -0.25) is 4.79 Å². The molecule has 0 aliphatic heterocycles. The van der Waals surface area contributed by atoms with E-state index < -0.39 is 10.0 Å². The number of rotatable bonds is 10. The number of benzene rings is 2. The lowest BCUT2D eigenvalue weighted by atomic mass is 10.0. The number of nitrogens with zero attached hydrogens (tertiary/aromatic N) is 1. The maximum atomic E-state index is 12.5. The van der Waals surface area contributed by atoms with Crippen molar-refractivity contribution >= 4 is 15.9 Å². The number of aryl methyl sites for hydroxylation is 1. The maximum Gasteiger partial charge on any atom is 0.258 e. The molecule has 0 heterocycles. The number of ether oxygens (including phenoxy) is 1. The summed E-state index contributed by atoms with van der Waals surface area (Å²) in [4.78, 5) is 12.5. The highest BCUT2D eigenvalue weighted by atomic mass is 32.2. The fourth-order valence-corrected chi connectivity index (χ4v) is 4.59. The number of hydrogen-bond donors (Lipinski definition) is 1. The van der Waals surface area contributed by atoms with Gasteiger partial charge in [-0.15, -0.1) is 0 Å². The van der Waals surface area contributed by atoms with E-state index in [4.69, 9.17) is 4.74 Å². The topological polar surface area (TPSA) is 75.7 Å². The Morgan fingerprint density at radius 1 is 1.07 bits per heavy atom. The minimum absolute atomic E-state index is 0.0718. The number of hydrogen-bond acceptors (Lipinski definition) is 4. The molecule has 1 N–H and O–H groups in total. The Bertz CT molecular complexity index is 950. The van der Waals surface area contributed by atoms with Crippen molar-refractivity contribution in [3.8, 4) is 5.75 Å². The Kier molecular flexibility index (Phi) is 8.43. The van der Waals surface area contributed by atoms with Crippen molar-refractivity contribution in [1.82, 2.24) is 9.62 Å². The van der Waals surface area contributed by atoms with Gasteiger partial charge in [-0.25, -0.2) is 8.42 Å². The second-order valence-corrected chi connectivity index (χ2v) is 9.43. The van der Waals surface area contributed by atoms with Crippen molar-refractivity contribution in [3.05, 3.63) is 59.2 Å². The zero-order valence-corrected chi connectivity index (χ0v) is 19.3. The van der Waals surface area contributed by atoms with Gasteiger partial charge in [0.15, 0.2) is 6.61 Å². The number of nitrogens with one attached hydrogen (secondary N) is 1. The Morgan fingerprint density at radius 3 is 2.27 bits per heavy atom. The standard InChI is InChI=1S/C23H32N2O4S/c1-6-25(7-2)30(27,28)20-11-9-19(10-12-20)15-24-23(26)16-29-22-14-18(5)8-13-21(22)17(3)4/h8-14,17H,6-7,15-16H2,1-5H3,(H,24,26). The lowest BCUT2D eigenvalue weighted by molar-refractivity contribution is -0.123. The van der Waals surface area contributed by atoms with E-state index >= 15 is 0 Å². The molecule has 0 aliphatic rings. The van der Waals surface area contributed by atoms with Gasteiger partial charge in [0.1, 0.15) is 5.75 Å². The second-order valence-electron chi connectivity index (χ2n) is 7.49. The van der Waals surface area contributed by atoms with Crippen molar-refractivity contribution < 1.29 is 17.9 Å². The van der Waals surface area contributed by atoms with Crippen LogP contribution in [0.4, 0.5) is 0 Å². The van der Waals surface area contributed by atoms with Crippen molar-refractivity contribution in [1.29, 1.82) is 0 Å². The molecule has 1 amide bonds. The van der Waals surface area contributed by atoms with Crippen molar-refractivity contribution in [2.45, 2.75) is 52.0 Å². The van der Waals surface area contributed by atoms with Crippen LogP contribution in [0.3, 0.4) is 0 Å². The molecular formula is C23H32N2O4S. The van der Waals surface area contributed by atoms with Crippen LogP contribution in [0.2, 0.25) is 0 Å². The van der Waals surface area contributed by atoms with E-state index in [2.05, 4.69) is 19.2 Å². The fraction of sp³-hybridized carbons (Fsp3) is 0.435. The van der Waals surface area contributed by atoms with E-state index in [1.54, 1.807) is 24.3 Å². The Balaban J connectivity index is 1.94. The van der Waals surface area contributed by atoms with Gasteiger partial charge in [-0.05, 0) is 47.7 Å². The molecule has 0 bridgehead atoms. The van der Waals surface area contributed by atoms with E-state index in [-0.39, 0.29) is 17.4 Å². The molecule has 0 atom stereocenters. The third kappa shape index (κ3) is 6.06. The Morgan fingerprint density at radius 2 is 1.70 bits per heavy atom. The van der Waals surface area contributed by atoms with E-state index in [1.807, 2.05) is 39.0 Å². The molecule has 0 fully saturated rings. The van der Waals surface area contributed by atoms with Crippen LogP contribution in [-0.2, 0) is 21.4 Å². The molecule has 0 spiro atoms. The van der Waals surface area contributed by atoms with Crippen LogP contribution < -0.4 is 10.1 Å². The van der Waals surface area contributed by atoms with E-state index in [1.165, 1.54) is 4.31 Å². The summed E-state index contributed by atoms with van der Waals surface area (Å²) in [5, 5.41) is 2.81. The largest absolute Gasteiger partial charge is 0.483 e. The second kappa shape index (κ2) is 10.6. The number of carbonyl (C=O) groups excluding carboxylic acids is 1. The predicted octanol–water partition coefficient (Wildman–Crippen LogP) is 3.84. The zero-order chi connectivity index (χ0) is 22.3. The summed E-state index contributed by atoms with van der Waals surface area (Å²) >= 11 is 0. The minimum Gasteiger partial charge on any atom is -0.483 e. The van der Waals surface area contributed by atoms with Gasteiger partial charge in [-0.1, -0.05) is 52.0 Å². The summed E-state index contributed by atoms with van der Waals surface area (Å²) in [6.07, 6.45) is 0. The van der Waals surface area contributed by atoms with Gasteiger partial charge in [0.25, 0.3) is 5.91 Å². The molecule has 0 radical (unpaired) electrons. The maximum absolute atomic E-state index is 12.5. The lowest BCUT2D eigenvalue weighted by Gasteiger charge is -2.18. The lowest BCUT2D eigenvalue weighted by Crippen LogP contribution is -2.30. The molecule has 6 nitrogen and oxygen atoms in total. The molecule has 7 heteroatoms. The van der Waals surface area contributed by atoms with Crippen LogP contribution in [0, 0.1) is 6.92 Å². The van der Waals surface area contributed by atoms with Gasteiger partial charge < -0.3 is 10.1 Å². The highest BCUT2D eigenvalue weighted by Gasteiger charge is 2.21. The van der Waals surface area contributed by atoms with Crippen molar-refractivity contribution in [3.63, 3.8) is 0 Å². The average molecular weight is 433 g/mol. The number of amides is 1. The smallest absolute Gasteiger partial charge is 0.258 e. The third-order valence-corrected chi connectivity index (χ3v) is 6.97. The predicted molar refractivity (Wildman–Crippen MR) is 119 cm³/mol. The van der Waals surface area contributed by atoms with Crippen molar-refractivity contribution in [2.24, 2.45) is 0 Å². The molecular weight excluding hydrogens is 400 g/mol. The quantitative estimate of drug-likeness (QED) is 0.619.